The fraction of sp³-hybridized carbons (Fsp3) is 0.105. The normalized spacial score (nSPS) is 11.5. The van der Waals surface area contributed by atoms with Crippen LogP contribution >= 0.6 is 22.6 Å². The Labute approximate surface area is 173 Å². The molecule has 2 aromatic carbocycles. The first-order valence-electron chi connectivity index (χ1n) is 8.22. The average molecular weight is 492 g/mol. The molecule has 1 aromatic heterocycles. The van der Waals surface area contributed by atoms with E-state index in [2.05, 4.69) is 38.2 Å². The molecule has 0 bridgehead atoms. The molecule has 0 saturated carbocycles. The topological polar surface area (TPSA) is 120 Å². The van der Waals surface area contributed by atoms with Crippen molar-refractivity contribution in [1.29, 1.82) is 0 Å². The maximum absolute atomic E-state index is 12.8. The molecular weight excluding hydrogens is 475 g/mol. The number of nitrogens with zero attached hydrogens (tertiary/aromatic N) is 2. The average Bonchev–Trinajstić information content (AvgIpc) is 2.96. The Kier molecular flexibility index (Phi) is 5.54. The van der Waals surface area contributed by atoms with Crippen molar-refractivity contribution >= 4 is 34.2 Å². The van der Waals surface area contributed by atoms with Gasteiger partial charge in [0.25, 0.3) is 11.5 Å². The third-order valence-electron chi connectivity index (χ3n) is 4.08. The summed E-state index contributed by atoms with van der Waals surface area (Å²) in [6.07, 6.45) is 0. The van der Waals surface area contributed by atoms with Gasteiger partial charge in [-0.15, -0.1) is 0 Å². The second-order valence-electron chi connectivity index (χ2n) is 6.07. The lowest BCUT2D eigenvalue weighted by Gasteiger charge is -2.03. The van der Waals surface area contributed by atoms with Gasteiger partial charge in [0.1, 0.15) is 0 Å². The van der Waals surface area contributed by atoms with E-state index in [1.165, 1.54) is 16.8 Å². The van der Waals surface area contributed by atoms with Gasteiger partial charge in [-0.05, 0) is 78.9 Å². The van der Waals surface area contributed by atoms with Gasteiger partial charge in [-0.2, -0.15) is 5.10 Å². The molecule has 0 spiro atoms. The standard InChI is InChI=1S/C19H17IN4O4/c1-10(21-22-18(27)12-3-8-15(25)16(26)9-12)17-11(2)23-24(19(17)28)14-6-4-13(20)5-7-14/h3-9,23,25-26H,1-2H3,(H,22,27). The molecule has 1 amide bonds. The van der Waals surface area contributed by atoms with E-state index < -0.39 is 11.7 Å². The Hall–Kier alpha value is -3.08. The summed E-state index contributed by atoms with van der Waals surface area (Å²) in [6, 6.07) is 11.1. The third-order valence-corrected chi connectivity index (χ3v) is 4.80. The lowest BCUT2D eigenvalue weighted by molar-refractivity contribution is 0.0954. The molecular formula is C19H17IN4O4. The van der Waals surface area contributed by atoms with Crippen LogP contribution in [0, 0.1) is 10.5 Å². The van der Waals surface area contributed by atoms with Crippen LogP contribution in [0.4, 0.5) is 0 Å². The highest BCUT2D eigenvalue weighted by molar-refractivity contribution is 14.1. The van der Waals surface area contributed by atoms with E-state index in [0.29, 0.717) is 22.7 Å². The fourth-order valence-electron chi connectivity index (χ4n) is 2.66. The largest absolute Gasteiger partial charge is 0.504 e. The quantitative estimate of drug-likeness (QED) is 0.194. The number of hydrogen-bond donors (Lipinski definition) is 4. The number of benzene rings is 2. The zero-order valence-corrected chi connectivity index (χ0v) is 17.2. The zero-order chi connectivity index (χ0) is 20.4. The van der Waals surface area contributed by atoms with Gasteiger partial charge in [0.2, 0.25) is 0 Å². The molecule has 3 rings (SSSR count). The molecule has 3 aromatic rings. The summed E-state index contributed by atoms with van der Waals surface area (Å²) in [5.74, 6) is -1.31. The van der Waals surface area contributed by atoms with Crippen LogP contribution < -0.4 is 11.0 Å². The van der Waals surface area contributed by atoms with Crippen LogP contribution in [0.15, 0.2) is 52.4 Å². The number of aryl methyl sites for hydroxylation is 1. The first-order chi connectivity index (χ1) is 13.3. The molecule has 1 heterocycles. The van der Waals surface area contributed by atoms with Crippen LogP contribution in [-0.2, 0) is 0 Å². The molecule has 4 N–H and O–H groups in total. The van der Waals surface area contributed by atoms with Gasteiger partial charge in [-0.1, -0.05) is 0 Å². The molecule has 0 radical (unpaired) electrons. The minimum atomic E-state index is -0.583. The lowest BCUT2D eigenvalue weighted by Crippen LogP contribution is -2.23. The van der Waals surface area contributed by atoms with Crippen molar-refractivity contribution in [2.75, 3.05) is 0 Å². The smallest absolute Gasteiger partial charge is 0.280 e. The number of amides is 1. The fourth-order valence-corrected chi connectivity index (χ4v) is 3.02. The number of aromatic hydroxyl groups is 2. The minimum Gasteiger partial charge on any atom is -0.504 e. The SMILES string of the molecule is CC(=NNC(=O)c1ccc(O)c(O)c1)c1c(C)[nH]n(-c2ccc(I)cc2)c1=O. The number of nitrogens with one attached hydrogen (secondary N) is 2. The first kappa shape index (κ1) is 19.7. The number of phenolic OH excluding ortho intramolecular Hbond substituents is 2. The van der Waals surface area contributed by atoms with E-state index in [1.807, 2.05) is 24.3 Å². The van der Waals surface area contributed by atoms with Crippen molar-refractivity contribution in [2.45, 2.75) is 13.8 Å². The molecule has 0 aliphatic carbocycles. The maximum atomic E-state index is 12.8. The number of phenols is 2. The molecule has 0 atom stereocenters. The monoisotopic (exact) mass is 492 g/mol. The van der Waals surface area contributed by atoms with E-state index in [1.54, 1.807) is 13.8 Å². The van der Waals surface area contributed by atoms with Gasteiger partial charge in [0, 0.05) is 14.8 Å². The predicted molar refractivity (Wildman–Crippen MR) is 113 cm³/mol. The lowest BCUT2D eigenvalue weighted by atomic mass is 10.2. The van der Waals surface area contributed by atoms with Crippen molar-refractivity contribution < 1.29 is 15.0 Å². The summed E-state index contributed by atoms with van der Waals surface area (Å²) in [6.45, 7) is 3.36. The number of carbonyl (C=O) groups is 1. The van der Waals surface area contributed by atoms with Crippen molar-refractivity contribution in [3.05, 3.63) is 73.2 Å². The van der Waals surface area contributed by atoms with Crippen molar-refractivity contribution in [3.8, 4) is 17.2 Å². The van der Waals surface area contributed by atoms with E-state index in [0.717, 1.165) is 9.64 Å². The van der Waals surface area contributed by atoms with Gasteiger partial charge >= 0.3 is 0 Å². The van der Waals surface area contributed by atoms with E-state index >= 15 is 0 Å². The van der Waals surface area contributed by atoms with Gasteiger partial charge in [0.05, 0.1) is 17.0 Å². The summed E-state index contributed by atoms with van der Waals surface area (Å²) < 4.78 is 2.47. The maximum Gasteiger partial charge on any atom is 0.280 e. The summed E-state index contributed by atoms with van der Waals surface area (Å²) in [7, 11) is 0. The highest BCUT2D eigenvalue weighted by atomic mass is 127. The number of hydrazone groups is 1. The summed E-state index contributed by atoms with van der Waals surface area (Å²) in [4.78, 5) is 25.0. The highest BCUT2D eigenvalue weighted by Crippen LogP contribution is 2.24. The first-order valence-corrected chi connectivity index (χ1v) is 9.30. The molecule has 0 aliphatic rings. The van der Waals surface area contributed by atoms with Gasteiger partial charge in [-0.3, -0.25) is 14.7 Å². The van der Waals surface area contributed by atoms with Crippen LogP contribution in [-0.4, -0.2) is 31.6 Å². The number of rotatable bonds is 4. The Morgan fingerprint density at radius 3 is 2.46 bits per heavy atom. The molecule has 8 nitrogen and oxygen atoms in total. The third kappa shape index (κ3) is 3.93. The van der Waals surface area contributed by atoms with Crippen molar-refractivity contribution in [3.63, 3.8) is 0 Å². The Balaban J connectivity index is 1.86. The van der Waals surface area contributed by atoms with Gasteiger partial charge in [-0.25, -0.2) is 10.1 Å². The number of aromatic nitrogens is 2. The Bertz CT molecular complexity index is 1130. The van der Waals surface area contributed by atoms with Gasteiger partial charge in [0.15, 0.2) is 11.5 Å². The highest BCUT2D eigenvalue weighted by Gasteiger charge is 2.16. The number of halogens is 1. The number of hydrogen-bond acceptors (Lipinski definition) is 5. The van der Waals surface area contributed by atoms with E-state index in [9.17, 15) is 19.8 Å². The number of H-pyrrole nitrogens is 1. The van der Waals surface area contributed by atoms with Crippen LogP contribution in [0.25, 0.3) is 5.69 Å². The van der Waals surface area contributed by atoms with Crippen molar-refractivity contribution in [1.82, 2.24) is 15.2 Å². The predicted octanol–water partition coefficient (Wildman–Crippen LogP) is 2.64. The summed E-state index contributed by atoms with van der Waals surface area (Å²) in [5, 5.41) is 25.8. The zero-order valence-electron chi connectivity index (χ0n) is 15.0. The molecule has 28 heavy (non-hydrogen) atoms. The summed E-state index contributed by atoms with van der Waals surface area (Å²) >= 11 is 2.19. The minimum absolute atomic E-state index is 0.119. The van der Waals surface area contributed by atoms with Crippen molar-refractivity contribution in [2.24, 2.45) is 5.10 Å². The molecule has 0 fully saturated rings. The molecule has 0 unspecified atom stereocenters. The van der Waals surface area contributed by atoms with Crippen LogP contribution in [0.2, 0.25) is 0 Å². The molecule has 9 heteroatoms. The summed E-state index contributed by atoms with van der Waals surface area (Å²) in [5.41, 5.74) is 4.18. The second kappa shape index (κ2) is 7.89. The molecule has 0 aliphatic heterocycles. The Morgan fingerprint density at radius 2 is 1.82 bits per heavy atom. The van der Waals surface area contributed by atoms with Gasteiger partial charge < -0.3 is 10.2 Å². The van der Waals surface area contributed by atoms with E-state index in [-0.39, 0.29) is 16.9 Å². The Morgan fingerprint density at radius 1 is 1.14 bits per heavy atom. The second-order valence-corrected chi connectivity index (χ2v) is 7.32. The van der Waals surface area contributed by atoms with Crippen LogP contribution in [0.1, 0.15) is 28.5 Å². The van der Waals surface area contributed by atoms with Crippen LogP contribution in [0.5, 0.6) is 11.5 Å². The number of aromatic amines is 1. The molecule has 0 saturated heterocycles. The molecule has 144 valence electrons. The van der Waals surface area contributed by atoms with E-state index in [4.69, 9.17) is 0 Å². The number of carbonyl (C=O) groups excluding carboxylic acids is 1. The van der Waals surface area contributed by atoms with Crippen LogP contribution in [0.3, 0.4) is 0 Å².